The van der Waals surface area contributed by atoms with Crippen molar-refractivity contribution in [3.8, 4) is 0 Å². The minimum atomic E-state index is -0.409. The molecule has 0 saturated heterocycles. The molecular formula is C10H21N3O2. The molecule has 5 nitrogen and oxygen atoms in total. The lowest BCUT2D eigenvalue weighted by Crippen LogP contribution is -2.37. The predicted octanol–water partition coefficient (Wildman–Crippen LogP) is -0.258. The third kappa shape index (κ3) is 6.90. The lowest BCUT2D eigenvalue weighted by Gasteiger charge is -2.15. The minimum absolute atomic E-state index is 0.0685. The van der Waals surface area contributed by atoms with Crippen LogP contribution in [0.4, 0.5) is 0 Å². The van der Waals surface area contributed by atoms with Gasteiger partial charge in [0.2, 0.25) is 11.8 Å². The Balaban J connectivity index is 3.86. The summed E-state index contributed by atoms with van der Waals surface area (Å²) in [4.78, 5) is 22.0. The molecule has 88 valence electrons. The van der Waals surface area contributed by atoms with Crippen LogP contribution in [-0.2, 0) is 9.59 Å². The molecule has 0 bridgehead atoms. The van der Waals surface area contributed by atoms with Crippen LogP contribution in [-0.4, -0.2) is 24.4 Å². The molecule has 0 heterocycles. The molecule has 5 N–H and O–H groups in total. The fraction of sp³-hybridized carbons (Fsp3) is 0.800. The second-order valence-electron chi connectivity index (χ2n) is 3.85. The van der Waals surface area contributed by atoms with Crippen LogP contribution in [0.2, 0.25) is 0 Å². The van der Waals surface area contributed by atoms with E-state index < -0.39 is 5.91 Å². The molecule has 0 aliphatic carbocycles. The highest BCUT2D eigenvalue weighted by Gasteiger charge is 2.13. The summed E-state index contributed by atoms with van der Waals surface area (Å²) in [5.74, 6) is -0.263. The van der Waals surface area contributed by atoms with Crippen LogP contribution in [0.3, 0.4) is 0 Å². The predicted molar refractivity (Wildman–Crippen MR) is 58.9 cm³/mol. The van der Waals surface area contributed by atoms with Crippen LogP contribution >= 0.6 is 0 Å². The van der Waals surface area contributed by atoms with Gasteiger partial charge in [-0.05, 0) is 19.4 Å². The minimum Gasteiger partial charge on any atom is -0.370 e. The standard InChI is InChI=1S/C10H21N3O2/c1-3-8(6-11)5-10(15)13-7(2)4-9(12)14/h7-8H,3-6,11H2,1-2H3,(H2,12,14)(H,13,15). The first-order valence-corrected chi connectivity index (χ1v) is 5.27. The van der Waals surface area contributed by atoms with Crippen LogP contribution in [0.15, 0.2) is 0 Å². The number of nitrogens with two attached hydrogens (primary N) is 2. The molecule has 2 unspecified atom stereocenters. The van der Waals surface area contributed by atoms with Crippen molar-refractivity contribution in [1.82, 2.24) is 5.32 Å². The fourth-order valence-corrected chi connectivity index (χ4v) is 1.34. The molecular weight excluding hydrogens is 194 g/mol. The van der Waals surface area contributed by atoms with E-state index in [4.69, 9.17) is 11.5 Å². The number of amides is 2. The Bertz CT molecular complexity index is 215. The van der Waals surface area contributed by atoms with Gasteiger partial charge in [-0.2, -0.15) is 0 Å². The zero-order chi connectivity index (χ0) is 11.8. The summed E-state index contributed by atoms with van der Waals surface area (Å²) in [5.41, 5.74) is 10.5. The van der Waals surface area contributed by atoms with E-state index in [1.807, 2.05) is 6.92 Å². The van der Waals surface area contributed by atoms with Crippen LogP contribution in [0.5, 0.6) is 0 Å². The van der Waals surface area contributed by atoms with Crippen molar-refractivity contribution < 1.29 is 9.59 Å². The van der Waals surface area contributed by atoms with E-state index in [1.165, 1.54) is 0 Å². The Labute approximate surface area is 90.6 Å². The van der Waals surface area contributed by atoms with Crippen molar-refractivity contribution in [2.75, 3.05) is 6.54 Å². The molecule has 15 heavy (non-hydrogen) atoms. The Morgan fingerprint density at radius 2 is 1.93 bits per heavy atom. The fourth-order valence-electron chi connectivity index (χ4n) is 1.34. The maximum absolute atomic E-state index is 11.4. The highest BCUT2D eigenvalue weighted by Crippen LogP contribution is 2.05. The summed E-state index contributed by atoms with van der Waals surface area (Å²) in [7, 11) is 0. The third-order valence-electron chi connectivity index (χ3n) is 2.30. The molecule has 0 aromatic rings. The molecule has 2 atom stereocenters. The van der Waals surface area contributed by atoms with Crippen LogP contribution < -0.4 is 16.8 Å². The summed E-state index contributed by atoms with van der Waals surface area (Å²) in [6, 6.07) is -0.203. The van der Waals surface area contributed by atoms with Crippen molar-refractivity contribution in [2.45, 2.75) is 39.2 Å². The topological polar surface area (TPSA) is 98.2 Å². The summed E-state index contributed by atoms with van der Waals surface area (Å²) in [6.07, 6.45) is 1.47. The molecule has 0 aliphatic heterocycles. The molecule has 0 aromatic carbocycles. The Morgan fingerprint density at radius 3 is 2.33 bits per heavy atom. The Kier molecular flexibility index (Phi) is 6.70. The van der Waals surface area contributed by atoms with E-state index in [-0.39, 0.29) is 24.3 Å². The van der Waals surface area contributed by atoms with E-state index >= 15 is 0 Å². The second-order valence-corrected chi connectivity index (χ2v) is 3.85. The number of nitrogens with one attached hydrogen (secondary N) is 1. The van der Waals surface area contributed by atoms with Crippen molar-refractivity contribution >= 4 is 11.8 Å². The number of hydrogen-bond donors (Lipinski definition) is 3. The summed E-state index contributed by atoms with van der Waals surface area (Å²) < 4.78 is 0. The highest BCUT2D eigenvalue weighted by molar-refractivity contribution is 5.78. The van der Waals surface area contributed by atoms with Gasteiger partial charge in [-0.3, -0.25) is 9.59 Å². The van der Waals surface area contributed by atoms with Gasteiger partial charge in [0.05, 0.1) is 0 Å². The molecule has 0 rings (SSSR count). The van der Waals surface area contributed by atoms with Gasteiger partial charge in [-0.25, -0.2) is 0 Å². The number of rotatable bonds is 7. The van der Waals surface area contributed by atoms with Gasteiger partial charge >= 0.3 is 0 Å². The Morgan fingerprint density at radius 1 is 1.33 bits per heavy atom. The van der Waals surface area contributed by atoms with Gasteiger partial charge < -0.3 is 16.8 Å². The van der Waals surface area contributed by atoms with Crippen LogP contribution in [0.1, 0.15) is 33.1 Å². The maximum Gasteiger partial charge on any atom is 0.220 e. The molecule has 0 spiro atoms. The number of carbonyl (C=O) groups excluding carboxylic acids is 2. The van der Waals surface area contributed by atoms with Crippen LogP contribution in [0, 0.1) is 5.92 Å². The van der Waals surface area contributed by atoms with E-state index in [0.717, 1.165) is 6.42 Å². The molecule has 0 fully saturated rings. The SMILES string of the molecule is CCC(CN)CC(=O)NC(C)CC(N)=O. The van der Waals surface area contributed by atoms with E-state index in [1.54, 1.807) is 6.92 Å². The molecule has 0 saturated carbocycles. The lowest BCUT2D eigenvalue weighted by atomic mass is 10.0. The van der Waals surface area contributed by atoms with Crippen LogP contribution in [0.25, 0.3) is 0 Å². The van der Waals surface area contributed by atoms with Gasteiger partial charge in [-0.15, -0.1) is 0 Å². The first kappa shape index (κ1) is 13.9. The zero-order valence-corrected chi connectivity index (χ0v) is 9.45. The van der Waals surface area contributed by atoms with Gasteiger partial charge in [0.1, 0.15) is 0 Å². The van der Waals surface area contributed by atoms with Gasteiger partial charge in [0.25, 0.3) is 0 Å². The molecule has 0 aromatic heterocycles. The first-order chi connectivity index (χ1) is 6.99. The van der Waals surface area contributed by atoms with Crippen molar-refractivity contribution in [3.63, 3.8) is 0 Å². The molecule has 0 aliphatic rings. The van der Waals surface area contributed by atoms with Crippen molar-refractivity contribution in [3.05, 3.63) is 0 Å². The average Bonchev–Trinajstić information content (AvgIpc) is 2.12. The van der Waals surface area contributed by atoms with Crippen molar-refractivity contribution in [2.24, 2.45) is 17.4 Å². The van der Waals surface area contributed by atoms with E-state index in [9.17, 15) is 9.59 Å². The normalized spacial score (nSPS) is 14.3. The van der Waals surface area contributed by atoms with Crippen molar-refractivity contribution in [1.29, 1.82) is 0 Å². The van der Waals surface area contributed by atoms with Gasteiger partial charge in [0, 0.05) is 18.9 Å². The maximum atomic E-state index is 11.4. The summed E-state index contributed by atoms with van der Waals surface area (Å²) in [6.45, 7) is 4.26. The highest BCUT2D eigenvalue weighted by atomic mass is 16.2. The molecule has 5 heteroatoms. The number of hydrogen-bond acceptors (Lipinski definition) is 3. The molecule has 0 radical (unpaired) electrons. The summed E-state index contributed by atoms with van der Waals surface area (Å²) >= 11 is 0. The Hall–Kier alpha value is -1.10. The number of primary amides is 1. The lowest BCUT2D eigenvalue weighted by molar-refractivity contribution is -0.123. The van der Waals surface area contributed by atoms with E-state index in [2.05, 4.69) is 5.32 Å². The zero-order valence-electron chi connectivity index (χ0n) is 9.45. The average molecular weight is 215 g/mol. The smallest absolute Gasteiger partial charge is 0.220 e. The number of carbonyl (C=O) groups is 2. The monoisotopic (exact) mass is 215 g/mol. The largest absolute Gasteiger partial charge is 0.370 e. The van der Waals surface area contributed by atoms with E-state index in [0.29, 0.717) is 13.0 Å². The molecule has 2 amide bonds. The second kappa shape index (κ2) is 7.23. The summed E-state index contributed by atoms with van der Waals surface area (Å²) in [5, 5.41) is 2.72. The first-order valence-electron chi connectivity index (χ1n) is 5.27. The third-order valence-corrected chi connectivity index (χ3v) is 2.30. The van der Waals surface area contributed by atoms with Gasteiger partial charge in [0.15, 0.2) is 0 Å². The quantitative estimate of drug-likeness (QED) is 0.545. The van der Waals surface area contributed by atoms with Gasteiger partial charge in [-0.1, -0.05) is 13.3 Å².